The summed E-state index contributed by atoms with van der Waals surface area (Å²) in [7, 11) is 0. The van der Waals surface area contributed by atoms with E-state index >= 15 is 0 Å². The summed E-state index contributed by atoms with van der Waals surface area (Å²) in [6, 6.07) is 7.41. The Morgan fingerprint density at radius 3 is 2.79 bits per heavy atom. The van der Waals surface area contributed by atoms with Crippen LogP contribution < -0.4 is 0 Å². The molecule has 1 aromatic carbocycles. The third kappa shape index (κ3) is 2.67. The highest BCUT2D eigenvalue weighted by atomic mass is 35.5. The molecule has 0 aliphatic heterocycles. The van der Waals surface area contributed by atoms with E-state index in [2.05, 4.69) is 0 Å². The second-order valence-electron chi connectivity index (χ2n) is 4.04. The predicted molar refractivity (Wildman–Crippen MR) is 73.2 cm³/mol. The first kappa shape index (κ1) is 13.7. The van der Waals surface area contributed by atoms with E-state index in [9.17, 15) is 9.18 Å². The summed E-state index contributed by atoms with van der Waals surface area (Å²) in [6.45, 7) is 1.79. The molecule has 2 aromatic rings. The first-order valence-electron chi connectivity index (χ1n) is 5.47. The van der Waals surface area contributed by atoms with Gasteiger partial charge in [-0.2, -0.15) is 5.26 Å². The molecule has 0 aliphatic rings. The normalized spacial score (nSPS) is 11.9. The molecule has 0 amide bonds. The number of hydrogen-bond acceptors (Lipinski definition) is 3. The molecule has 19 heavy (non-hydrogen) atoms. The van der Waals surface area contributed by atoms with Crippen molar-refractivity contribution in [1.29, 1.82) is 5.26 Å². The number of benzene rings is 1. The Balaban J connectivity index is 2.41. The molecule has 1 atom stereocenters. The molecule has 1 heterocycles. The quantitative estimate of drug-likeness (QED) is 0.790. The van der Waals surface area contributed by atoms with E-state index < -0.39 is 17.5 Å². The SMILES string of the molecule is Cc1csc(C(=O)C(C#N)c2cccc(F)c2)c1Cl. The zero-order valence-corrected chi connectivity index (χ0v) is 11.6. The maximum absolute atomic E-state index is 13.2. The molecule has 1 aromatic heterocycles. The minimum atomic E-state index is -1.04. The molecule has 0 radical (unpaired) electrons. The standard InChI is InChI=1S/C14H9ClFNOS/c1-8-7-19-14(12(8)15)13(18)11(6-17)9-3-2-4-10(16)5-9/h2-5,7,11H,1H3. The van der Waals surface area contributed by atoms with Gasteiger partial charge in [-0.05, 0) is 35.6 Å². The molecule has 0 spiro atoms. The third-order valence-corrected chi connectivity index (χ3v) is 4.41. The minimum absolute atomic E-state index is 0.342. The van der Waals surface area contributed by atoms with Crippen LogP contribution in [0.2, 0.25) is 5.02 Å². The lowest BCUT2D eigenvalue weighted by Crippen LogP contribution is -2.10. The topological polar surface area (TPSA) is 40.9 Å². The van der Waals surface area contributed by atoms with Crippen molar-refractivity contribution in [2.45, 2.75) is 12.8 Å². The van der Waals surface area contributed by atoms with Gasteiger partial charge in [-0.3, -0.25) is 4.79 Å². The van der Waals surface area contributed by atoms with Gasteiger partial charge in [-0.1, -0.05) is 23.7 Å². The van der Waals surface area contributed by atoms with Crippen molar-refractivity contribution in [3.63, 3.8) is 0 Å². The van der Waals surface area contributed by atoms with Crippen molar-refractivity contribution in [3.8, 4) is 6.07 Å². The van der Waals surface area contributed by atoms with Gasteiger partial charge in [0.25, 0.3) is 0 Å². The molecular weight excluding hydrogens is 285 g/mol. The number of carbonyl (C=O) groups excluding carboxylic acids is 1. The zero-order valence-electron chi connectivity index (χ0n) is 9.98. The van der Waals surface area contributed by atoms with Gasteiger partial charge in [-0.25, -0.2) is 4.39 Å². The third-order valence-electron chi connectivity index (χ3n) is 2.70. The van der Waals surface area contributed by atoms with Crippen molar-refractivity contribution in [2.24, 2.45) is 0 Å². The molecule has 2 rings (SSSR count). The Morgan fingerprint density at radius 2 is 2.26 bits per heavy atom. The molecule has 2 nitrogen and oxygen atoms in total. The van der Waals surface area contributed by atoms with Crippen molar-refractivity contribution >= 4 is 28.7 Å². The molecule has 0 N–H and O–H groups in total. The van der Waals surface area contributed by atoms with Crippen molar-refractivity contribution < 1.29 is 9.18 Å². The first-order valence-corrected chi connectivity index (χ1v) is 6.73. The summed E-state index contributed by atoms with van der Waals surface area (Å²) in [4.78, 5) is 12.6. The lowest BCUT2D eigenvalue weighted by atomic mass is 9.95. The van der Waals surface area contributed by atoms with Crippen LogP contribution in [0.5, 0.6) is 0 Å². The molecule has 0 fully saturated rings. The van der Waals surface area contributed by atoms with Gasteiger partial charge in [-0.15, -0.1) is 11.3 Å². The Labute approximate surface area is 119 Å². The van der Waals surface area contributed by atoms with Gasteiger partial charge < -0.3 is 0 Å². The number of aryl methyl sites for hydroxylation is 1. The first-order chi connectivity index (χ1) is 9.04. The highest BCUT2D eigenvalue weighted by molar-refractivity contribution is 7.13. The van der Waals surface area contributed by atoms with Gasteiger partial charge in [0.2, 0.25) is 0 Å². The van der Waals surface area contributed by atoms with Gasteiger partial charge in [0.15, 0.2) is 5.78 Å². The number of nitrogens with zero attached hydrogens (tertiary/aromatic N) is 1. The average molecular weight is 294 g/mol. The predicted octanol–water partition coefficient (Wildman–Crippen LogP) is 4.34. The lowest BCUT2D eigenvalue weighted by Gasteiger charge is -2.07. The summed E-state index contributed by atoms with van der Waals surface area (Å²) in [5.41, 5.74) is 1.14. The zero-order chi connectivity index (χ0) is 14.0. The molecular formula is C14H9ClFNOS. The highest BCUT2D eigenvalue weighted by Gasteiger charge is 2.25. The maximum atomic E-state index is 13.2. The fraction of sp³-hybridized carbons (Fsp3) is 0.143. The second-order valence-corrected chi connectivity index (χ2v) is 5.30. The summed E-state index contributed by atoms with van der Waals surface area (Å²) < 4.78 is 13.2. The summed E-state index contributed by atoms with van der Waals surface area (Å²) in [5.74, 6) is -1.90. The number of halogens is 2. The highest BCUT2D eigenvalue weighted by Crippen LogP contribution is 2.32. The molecule has 0 aliphatic carbocycles. The molecule has 0 saturated carbocycles. The van der Waals surface area contributed by atoms with Crippen LogP contribution >= 0.6 is 22.9 Å². The summed E-state index contributed by atoms with van der Waals surface area (Å²) >= 11 is 7.23. The van der Waals surface area contributed by atoms with Crippen LogP contribution in [0.1, 0.15) is 26.7 Å². The van der Waals surface area contributed by atoms with E-state index in [0.717, 1.165) is 5.56 Å². The lowest BCUT2D eigenvalue weighted by molar-refractivity contribution is 0.0983. The number of thiophene rings is 1. The molecule has 1 unspecified atom stereocenters. The van der Waals surface area contributed by atoms with E-state index in [0.29, 0.717) is 15.5 Å². The number of rotatable bonds is 3. The van der Waals surface area contributed by atoms with Crippen LogP contribution in [0.3, 0.4) is 0 Å². The largest absolute Gasteiger partial charge is 0.291 e. The Kier molecular flexibility index (Phi) is 3.98. The Hall–Kier alpha value is -1.70. The van der Waals surface area contributed by atoms with Crippen molar-refractivity contribution in [3.05, 3.63) is 56.5 Å². The number of Topliss-reactive ketones (excluding diaryl/α,β-unsaturated/α-hetero) is 1. The fourth-order valence-corrected chi connectivity index (χ4v) is 2.95. The monoisotopic (exact) mass is 293 g/mol. The number of ketones is 1. The van der Waals surface area contributed by atoms with Crippen molar-refractivity contribution in [1.82, 2.24) is 0 Å². The van der Waals surface area contributed by atoms with Crippen LogP contribution in [-0.2, 0) is 0 Å². The second kappa shape index (κ2) is 5.52. The van der Waals surface area contributed by atoms with E-state index in [1.54, 1.807) is 18.4 Å². The molecule has 0 saturated heterocycles. The van der Waals surface area contributed by atoms with Crippen LogP contribution in [0.25, 0.3) is 0 Å². The van der Waals surface area contributed by atoms with Gasteiger partial charge in [0.1, 0.15) is 11.7 Å². The van der Waals surface area contributed by atoms with Gasteiger partial charge in [0, 0.05) is 0 Å². The maximum Gasteiger partial charge on any atom is 0.195 e. The van der Waals surface area contributed by atoms with Crippen LogP contribution in [0, 0.1) is 24.1 Å². The molecule has 0 bridgehead atoms. The van der Waals surface area contributed by atoms with Crippen LogP contribution in [0.4, 0.5) is 4.39 Å². The Bertz CT molecular complexity index is 674. The minimum Gasteiger partial charge on any atom is -0.291 e. The van der Waals surface area contributed by atoms with Crippen LogP contribution in [0.15, 0.2) is 29.6 Å². The van der Waals surface area contributed by atoms with Crippen LogP contribution in [-0.4, -0.2) is 5.78 Å². The summed E-state index contributed by atoms with van der Waals surface area (Å²) in [6.07, 6.45) is 0. The van der Waals surface area contributed by atoms with Gasteiger partial charge >= 0.3 is 0 Å². The smallest absolute Gasteiger partial charge is 0.195 e. The summed E-state index contributed by atoms with van der Waals surface area (Å²) in [5, 5.41) is 11.3. The number of nitriles is 1. The average Bonchev–Trinajstić information content (AvgIpc) is 2.71. The van der Waals surface area contributed by atoms with E-state index in [-0.39, 0.29) is 0 Å². The fourth-order valence-electron chi connectivity index (χ4n) is 1.70. The molecule has 5 heteroatoms. The van der Waals surface area contributed by atoms with E-state index in [1.165, 1.54) is 29.5 Å². The number of carbonyl (C=O) groups is 1. The van der Waals surface area contributed by atoms with E-state index in [4.69, 9.17) is 16.9 Å². The van der Waals surface area contributed by atoms with Crippen molar-refractivity contribution in [2.75, 3.05) is 0 Å². The van der Waals surface area contributed by atoms with Gasteiger partial charge in [0.05, 0.1) is 16.0 Å². The Morgan fingerprint density at radius 1 is 1.53 bits per heavy atom. The van der Waals surface area contributed by atoms with E-state index in [1.807, 2.05) is 6.07 Å². The molecule has 96 valence electrons. The number of hydrogen-bond donors (Lipinski definition) is 0.